The van der Waals surface area contributed by atoms with E-state index in [0.717, 1.165) is 4.68 Å². The molecule has 0 fully saturated rings. The van der Waals surface area contributed by atoms with Crippen molar-refractivity contribution in [3.63, 3.8) is 0 Å². The molecule has 0 saturated heterocycles. The number of hydrogen-bond acceptors (Lipinski definition) is 5. The molecule has 14 heavy (non-hydrogen) atoms. The van der Waals surface area contributed by atoms with Gasteiger partial charge in [0, 0.05) is 6.20 Å². The Kier molecular flexibility index (Phi) is 2.70. The quantitative estimate of drug-likeness (QED) is 0.625. The number of anilines is 1. The topological polar surface area (TPSA) is 107 Å². The highest BCUT2D eigenvalue weighted by Gasteiger charge is 2.14. The van der Waals surface area contributed by atoms with Crippen LogP contribution in [0.1, 0.15) is 10.5 Å². The molecule has 0 atom stereocenters. The first kappa shape index (κ1) is 10.0. The third kappa shape index (κ3) is 2.00. The monoisotopic (exact) mass is 199 g/mol. The number of methoxy groups -OCH3 is 1. The summed E-state index contributed by atoms with van der Waals surface area (Å²) in [5.41, 5.74) is 5.09. The molecule has 0 aliphatic heterocycles. The highest BCUT2D eigenvalue weighted by Crippen LogP contribution is 2.08. The zero-order valence-electron chi connectivity index (χ0n) is 7.43. The number of nitrogens with two attached hydrogens (primary N) is 1. The second kappa shape index (κ2) is 3.77. The lowest BCUT2D eigenvalue weighted by Gasteiger charge is -1.97. The lowest BCUT2D eigenvalue weighted by Crippen LogP contribution is -2.12. The highest BCUT2D eigenvalue weighted by atomic mass is 16.5. The average Bonchev–Trinajstić information content (AvgIpc) is 2.46. The van der Waals surface area contributed by atoms with Crippen molar-refractivity contribution in [2.45, 2.75) is 6.54 Å². The van der Waals surface area contributed by atoms with E-state index in [1.165, 1.54) is 13.3 Å². The molecule has 0 aliphatic rings. The van der Waals surface area contributed by atoms with Crippen LogP contribution >= 0.6 is 0 Å². The molecular formula is C7H9N3O4. The fourth-order valence-corrected chi connectivity index (χ4v) is 0.881. The molecule has 7 nitrogen and oxygen atoms in total. The number of carbonyl (C=O) groups is 2. The maximum Gasteiger partial charge on any atom is 0.358 e. The molecule has 1 heterocycles. The predicted molar refractivity (Wildman–Crippen MR) is 45.6 cm³/mol. The van der Waals surface area contributed by atoms with E-state index in [9.17, 15) is 9.59 Å². The molecule has 0 spiro atoms. The highest BCUT2D eigenvalue weighted by molar-refractivity contribution is 5.91. The predicted octanol–water partition coefficient (Wildman–Crippen LogP) is -0.664. The Morgan fingerprint density at radius 1 is 1.71 bits per heavy atom. The zero-order valence-corrected chi connectivity index (χ0v) is 7.43. The van der Waals surface area contributed by atoms with Gasteiger partial charge in [0.1, 0.15) is 6.54 Å². The molecule has 0 aliphatic carbocycles. The molecule has 7 heteroatoms. The van der Waals surface area contributed by atoms with Crippen molar-refractivity contribution in [2.24, 2.45) is 0 Å². The number of ether oxygens (including phenoxy) is 1. The Morgan fingerprint density at radius 3 is 2.79 bits per heavy atom. The van der Waals surface area contributed by atoms with Crippen LogP contribution in [0.2, 0.25) is 0 Å². The maximum absolute atomic E-state index is 10.8. The van der Waals surface area contributed by atoms with E-state index in [2.05, 4.69) is 9.84 Å². The van der Waals surface area contributed by atoms with E-state index in [4.69, 9.17) is 10.8 Å². The van der Waals surface area contributed by atoms with Crippen LogP contribution in [0, 0.1) is 0 Å². The Hall–Kier alpha value is -2.05. The molecule has 0 amide bonds. The number of esters is 1. The molecule has 1 aromatic rings. The van der Waals surface area contributed by atoms with Crippen LogP contribution < -0.4 is 5.73 Å². The number of nitrogen functional groups attached to an aromatic ring is 1. The number of carbonyl (C=O) groups excluding carboxylic acids is 1. The molecule has 0 aromatic carbocycles. The molecule has 0 unspecified atom stereocenters. The lowest BCUT2D eigenvalue weighted by molar-refractivity contribution is -0.141. The van der Waals surface area contributed by atoms with E-state index >= 15 is 0 Å². The fraction of sp³-hybridized carbons (Fsp3) is 0.286. The molecular weight excluding hydrogens is 190 g/mol. The number of nitrogens with zero attached hydrogens (tertiary/aromatic N) is 2. The number of aromatic nitrogens is 2. The van der Waals surface area contributed by atoms with Gasteiger partial charge < -0.3 is 15.6 Å². The zero-order chi connectivity index (χ0) is 10.7. The Bertz CT molecular complexity index is 371. The fourth-order valence-electron chi connectivity index (χ4n) is 0.881. The Labute approximate surface area is 79.1 Å². The minimum absolute atomic E-state index is 0.0152. The van der Waals surface area contributed by atoms with Crippen LogP contribution in [0.4, 0.5) is 5.69 Å². The summed E-state index contributed by atoms with van der Waals surface area (Å²) in [5.74, 6) is -1.75. The van der Waals surface area contributed by atoms with Gasteiger partial charge in [0.05, 0.1) is 12.8 Å². The van der Waals surface area contributed by atoms with E-state index in [1.54, 1.807) is 0 Å². The van der Waals surface area contributed by atoms with E-state index < -0.39 is 11.9 Å². The van der Waals surface area contributed by atoms with Crippen molar-refractivity contribution in [3.05, 3.63) is 11.9 Å². The van der Waals surface area contributed by atoms with Crippen LogP contribution in [0.3, 0.4) is 0 Å². The van der Waals surface area contributed by atoms with Gasteiger partial charge in [0.15, 0.2) is 5.69 Å². The first-order chi connectivity index (χ1) is 6.54. The van der Waals surface area contributed by atoms with Gasteiger partial charge in [0.25, 0.3) is 0 Å². The summed E-state index contributed by atoms with van der Waals surface area (Å²) in [4.78, 5) is 21.3. The second-order valence-corrected chi connectivity index (χ2v) is 2.51. The largest absolute Gasteiger partial charge is 0.476 e. The minimum atomic E-state index is -1.23. The van der Waals surface area contributed by atoms with Crippen molar-refractivity contribution < 1.29 is 19.4 Å². The third-order valence-corrected chi connectivity index (χ3v) is 1.51. The van der Waals surface area contributed by atoms with E-state index in [1.807, 2.05) is 0 Å². The van der Waals surface area contributed by atoms with Gasteiger partial charge >= 0.3 is 11.9 Å². The van der Waals surface area contributed by atoms with Crippen molar-refractivity contribution in [1.82, 2.24) is 9.78 Å². The Balaban J connectivity index is 2.86. The van der Waals surface area contributed by atoms with Gasteiger partial charge in [-0.25, -0.2) is 4.79 Å². The van der Waals surface area contributed by atoms with E-state index in [0.29, 0.717) is 0 Å². The third-order valence-electron chi connectivity index (χ3n) is 1.51. The van der Waals surface area contributed by atoms with Crippen LogP contribution in [-0.2, 0) is 16.1 Å². The molecule has 0 radical (unpaired) electrons. The summed E-state index contributed by atoms with van der Waals surface area (Å²) in [7, 11) is 1.23. The summed E-state index contributed by atoms with van der Waals surface area (Å²) in [6, 6.07) is 0. The van der Waals surface area contributed by atoms with Crippen molar-refractivity contribution in [2.75, 3.05) is 12.8 Å². The molecule has 3 N–H and O–H groups in total. The first-order valence-corrected chi connectivity index (χ1v) is 3.67. The lowest BCUT2D eigenvalue weighted by atomic mass is 10.4. The summed E-state index contributed by atoms with van der Waals surface area (Å²) in [6.45, 7) is -0.159. The van der Waals surface area contributed by atoms with Gasteiger partial charge in [-0.3, -0.25) is 9.48 Å². The number of hydrogen-bond donors (Lipinski definition) is 2. The van der Waals surface area contributed by atoms with E-state index in [-0.39, 0.29) is 17.9 Å². The van der Waals surface area contributed by atoms with Crippen LogP contribution in [0.25, 0.3) is 0 Å². The van der Waals surface area contributed by atoms with Crippen molar-refractivity contribution in [3.8, 4) is 0 Å². The minimum Gasteiger partial charge on any atom is -0.476 e. The van der Waals surface area contributed by atoms with Gasteiger partial charge in [-0.05, 0) is 0 Å². The Morgan fingerprint density at radius 2 is 2.36 bits per heavy atom. The average molecular weight is 199 g/mol. The first-order valence-electron chi connectivity index (χ1n) is 3.67. The number of aromatic carboxylic acids is 1. The molecule has 1 aromatic heterocycles. The number of carboxylic acids is 1. The van der Waals surface area contributed by atoms with Crippen molar-refractivity contribution >= 4 is 17.6 Å². The second-order valence-electron chi connectivity index (χ2n) is 2.51. The SMILES string of the molecule is COC(=O)Cn1cc(N)c(C(=O)O)n1. The van der Waals surface area contributed by atoms with Gasteiger partial charge in [-0.15, -0.1) is 0 Å². The molecule has 76 valence electrons. The van der Waals surface area contributed by atoms with Crippen LogP contribution in [-0.4, -0.2) is 33.9 Å². The normalized spacial score (nSPS) is 9.79. The molecule has 1 rings (SSSR count). The van der Waals surface area contributed by atoms with Crippen LogP contribution in [0.5, 0.6) is 0 Å². The van der Waals surface area contributed by atoms with Crippen LogP contribution in [0.15, 0.2) is 6.20 Å². The van der Waals surface area contributed by atoms with Gasteiger partial charge in [0.2, 0.25) is 0 Å². The summed E-state index contributed by atoms with van der Waals surface area (Å²) < 4.78 is 5.49. The summed E-state index contributed by atoms with van der Waals surface area (Å²) in [6.07, 6.45) is 1.26. The summed E-state index contributed by atoms with van der Waals surface area (Å²) >= 11 is 0. The molecule has 0 saturated carbocycles. The smallest absolute Gasteiger partial charge is 0.358 e. The molecule has 0 bridgehead atoms. The van der Waals surface area contributed by atoms with Gasteiger partial charge in [-0.1, -0.05) is 0 Å². The maximum atomic E-state index is 10.8. The van der Waals surface area contributed by atoms with Crippen molar-refractivity contribution in [1.29, 1.82) is 0 Å². The number of carboxylic acid groups (broad SMARTS) is 1. The van der Waals surface area contributed by atoms with Gasteiger partial charge in [-0.2, -0.15) is 5.10 Å². The number of rotatable bonds is 3. The summed E-state index contributed by atoms with van der Waals surface area (Å²) in [5, 5.41) is 12.2. The standard InChI is InChI=1S/C7H9N3O4/c1-14-5(11)3-10-2-4(8)6(9-10)7(12)13/h2H,3,8H2,1H3,(H,12,13).